The summed E-state index contributed by atoms with van der Waals surface area (Å²) in [6.07, 6.45) is 26.1. The molecular weight excluding hydrogens is 376 g/mol. The van der Waals surface area contributed by atoms with Gasteiger partial charge in [-0.2, -0.15) is 0 Å². The smallest absolute Gasteiger partial charge is 0.0257 e. The van der Waals surface area contributed by atoms with Crippen LogP contribution >= 0.6 is 0 Å². The highest BCUT2D eigenvalue weighted by Crippen LogP contribution is 2.60. The summed E-state index contributed by atoms with van der Waals surface area (Å²) in [7, 11) is 4.76. The van der Waals surface area contributed by atoms with Crippen LogP contribution in [0.1, 0.15) is 109 Å². The highest BCUT2D eigenvalue weighted by atomic mass is 15.3. The molecule has 5 aliphatic carbocycles. The Morgan fingerprint density at radius 3 is 2.03 bits per heavy atom. The molecule has 5 saturated carbocycles. The number of nitrogens with zero attached hydrogens (tertiary/aromatic N) is 2. The van der Waals surface area contributed by atoms with Gasteiger partial charge in [-0.3, -0.25) is 4.90 Å². The average molecular weight is 427 g/mol. The summed E-state index contributed by atoms with van der Waals surface area (Å²) >= 11 is 0. The lowest BCUT2D eigenvalue weighted by molar-refractivity contribution is -0.00624. The van der Waals surface area contributed by atoms with Crippen LogP contribution in [0, 0.1) is 35.5 Å². The lowest BCUT2D eigenvalue weighted by Gasteiger charge is -2.50. The molecule has 0 aromatic rings. The Kier molecular flexibility index (Phi) is 6.18. The molecule has 1 aliphatic heterocycles. The van der Waals surface area contributed by atoms with Gasteiger partial charge < -0.3 is 4.90 Å². The molecular formula is C29H50N2. The van der Waals surface area contributed by atoms with Crippen LogP contribution in [0.3, 0.4) is 0 Å². The third-order valence-electron chi connectivity index (χ3n) is 11.7. The number of fused-ring (bicyclic) bond motifs is 5. The fraction of sp³-hybridized carbons (Fsp3) is 1.00. The van der Waals surface area contributed by atoms with Crippen molar-refractivity contribution in [1.29, 1.82) is 0 Å². The van der Waals surface area contributed by atoms with E-state index in [1.165, 1.54) is 57.8 Å². The summed E-state index contributed by atoms with van der Waals surface area (Å²) in [5.41, 5.74) is 0. The van der Waals surface area contributed by atoms with Gasteiger partial charge in [0.15, 0.2) is 0 Å². The normalized spacial score (nSPS) is 49.1. The number of likely N-dealkylation sites (tertiary alicyclic amines) is 1. The second kappa shape index (κ2) is 8.94. The summed E-state index contributed by atoms with van der Waals surface area (Å²) in [4.78, 5) is 5.92. The second-order valence-corrected chi connectivity index (χ2v) is 13.1. The Balaban J connectivity index is 1.29. The highest BCUT2D eigenvalue weighted by molar-refractivity contribution is 5.13. The van der Waals surface area contributed by atoms with E-state index in [1.807, 2.05) is 0 Å². The van der Waals surface area contributed by atoms with E-state index in [9.17, 15) is 0 Å². The van der Waals surface area contributed by atoms with Crippen molar-refractivity contribution in [3.63, 3.8) is 0 Å². The monoisotopic (exact) mass is 426 g/mol. The minimum Gasteiger partial charge on any atom is -0.305 e. The number of likely N-dealkylation sites (N-methyl/N-ethyl adjacent to an activating group) is 1. The fourth-order valence-electron chi connectivity index (χ4n) is 10.5. The van der Waals surface area contributed by atoms with Crippen molar-refractivity contribution in [2.24, 2.45) is 35.5 Å². The Morgan fingerprint density at radius 1 is 0.516 bits per heavy atom. The Hall–Kier alpha value is -0.0800. The van der Waals surface area contributed by atoms with E-state index >= 15 is 0 Å². The number of rotatable bonds is 3. The molecule has 0 aromatic carbocycles. The molecule has 0 amide bonds. The quantitative estimate of drug-likeness (QED) is 0.493. The number of hydrogen-bond acceptors (Lipinski definition) is 2. The maximum absolute atomic E-state index is 3.30. The first-order chi connectivity index (χ1) is 15.2. The predicted octanol–water partition coefficient (Wildman–Crippen LogP) is 6.73. The van der Waals surface area contributed by atoms with E-state index in [4.69, 9.17) is 0 Å². The fourth-order valence-corrected chi connectivity index (χ4v) is 10.5. The Morgan fingerprint density at radius 2 is 1.19 bits per heavy atom. The molecule has 6 rings (SSSR count). The van der Waals surface area contributed by atoms with Gasteiger partial charge >= 0.3 is 0 Å². The standard InChI is InChI=1S/C29H50N2/c1-30(2)27-14-8-9-15-28(27)31-26-17-16-21(20-10-4-3-5-11-20)18-24(26)25-19-22-12-6-7-13-23(22)29(25)31/h20-29H,3-19H2,1-2H3. The topological polar surface area (TPSA) is 6.48 Å². The molecule has 176 valence electrons. The van der Waals surface area contributed by atoms with Crippen LogP contribution in [0.25, 0.3) is 0 Å². The summed E-state index contributed by atoms with van der Waals surface area (Å²) in [5.74, 6) is 6.44. The first-order valence-electron chi connectivity index (χ1n) is 14.7. The van der Waals surface area contributed by atoms with Crippen LogP contribution in [0.5, 0.6) is 0 Å². The Bertz CT molecular complexity index is 610. The van der Waals surface area contributed by atoms with Crippen LogP contribution < -0.4 is 0 Å². The van der Waals surface area contributed by atoms with Crippen molar-refractivity contribution in [3.05, 3.63) is 0 Å². The second-order valence-electron chi connectivity index (χ2n) is 13.1. The molecule has 9 atom stereocenters. The van der Waals surface area contributed by atoms with Gasteiger partial charge in [0, 0.05) is 24.2 Å². The molecule has 1 heterocycles. The maximum Gasteiger partial charge on any atom is 0.0257 e. The van der Waals surface area contributed by atoms with Gasteiger partial charge in [-0.1, -0.05) is 64.2 Å². The first kappa shape index (κ1) is 21.5. The summed E-state index contributed by atoms with van der Waals surface area (Å²) in [5, 5.41) is 0. The van der Waals surface area contributed by atoms with Crippen molar-refractivity contribution in [2.45, 2.75) is 133 Å². The van der Waals surface area contributed by atoms with Crippen molar-refractivity contribution in [2.75, 3.05) is 14.1 Å². The van der Waals surface area contributed by atoms with Crippen LogP contribution in [-0.2, 0) is 0 Å². The zero-order valence-electron chi connectivity index (χ0n) is 20.7. The van der Waals surface area contributed by atoms with E-state index in [-0.39, 0.29) is 0 Å². The maximum atomic E-state index is 3.30. The van der Waals surface area contributed by atoms with Crippen LogP contribution in [0.15, 0.2) is 0 Å². The van der Waals surface area contributed by atoms with Gasteiger partial charge in [0.05, 0.1) is 0 Å². The zero-order chi connectivity index (χ0) is 20.9. The summed E-state index contributed by atoms with van der Waals surface area (Å²) in [6.45, 7) is 0. The highest BCUT2D eigenvalue weighted by Gasteiger charge is 2.60. The van der Waals surface area contributed by atoms with Gasteiger partial charge in [-0.15, -0.1) is 0 Å². The van der Waals surface area contributed by atoms with Gasteiger partial charge in [0.1, 0.15) is 0 Å². The molecule has 2 heteroatoms. The van der Waals surface area contributed by atoms with E-state index in [0.29, 0.717) is 0 Å². The molecule has 6 fully saturated rings. The third kappa shape index (κ3) is 3.74. The van der Waals surface area contributed by atoms with Gasteiger partial charge in [0.25, 0.3) is 0 Å². The summed E-state index contributed by atoms with van der Waals surface area (Å²) in [6, 6.07) is 3.59. The minimum atomic E-state index is 0.812. The lowest BCUT2D eigenvalue weighted by atomic mass is 9.66. The van der Waals surface area contributed by atoms with Crippen LogP contribution in [0.2, 0.25) is 0 Å². The van der Waals surface area contributed by atoms with Gasteiger partial charge in [-0.05, 0) is 94.5 Å². The third-order valence-corrected chi connectivity index (χ3v) is 11.7. The van der Waals surface area contributed by atoms with Crippen molar-refractivity contribution in [3.8, 4) is 0 Å². The molecule has 0 aromatic heterocycles. The number of hydrogen-bond donors (Lipinski definition) is 0. The minimum absolute atomic E-state index is 0.812. The molecule has 0 bridgehead atoms. The largest absolute Gasteiger partial charge is 0.305 e. The van der Waals surface area contributed by atoms with E-state index in [2.05, 4.69) is 23.9 Å². The van der Waals surface area contributed by atoms with E-state index in [1.54, 1.807) is 51.4 Å². The van der Waals surface area contributed by atoms with Crippen LogP contribution in [-0.4, -0.2) is 48.1 Å². The summed E-state index contributed by atoms with van der Waals surface area (Å²) < 4.78 is 0. The van der Waals surface area contributed by atoms with Crippen molar-refractivity contribution in [1.82, 2.24) is 9.80 Å². The van der Waals surface area contributed by atoms with Gasteiger partial charge in [0.2, 0.25) is 0 Å². The molecule has 0 radical (unpaired) electrons. The zero-order valence-corrected chi connectivity index (χ0v) is 20.7. The van der Waals surface area contributed by atoms with Crippen molar-refractivity contribution >= 4 is 0 Å². The first-order valence-corrected chi connectivity index (χ1v) is 14.7. The van der Waals surface area contributed by atoms with E-state index in [0.717, 1.165) is 59.7 Å². The van der Waals surface area contributed by atoms with Gasteiger partial charge in [-0.25, -0.2) is 0 Å². The molecule has 1 saturated heterocycles. The molecule has 6 aliphatic rings. The lowest BCUT2D eigenvalue weighted by Crippen LogP contribution is -2.57. The molecule has 2 nitrogen and oxygen atoms in total. The van der Waals surface area contributed by atoms with E-state index < -0.39 is 0 Å². The van der Waals surface area contributed by atoms with Crippen molar-refractivity contribution < 1.29 is 0 Å². The van der Waals surface area contributed by atoms with Crippen LogP contribution in [0.4, 0.5) is 0 Å². The Labute approximate surface area is 192 Å². The predicted molar refractivity (Wildman–Crippen MR) is 130 cm³/mol. The molecule has 9 unspecified atom stereocenters. The average Bonchev–Trinajstić information content (AvgIpc) is 3.34. The SMILES string of the molecule is CN(C)C1CCCCC1N1C2CCC(C3CCCCC3)CC2C2CC3CCCCC3C21. The molecule has 31 heavy (non-hydrogen) atoms. The molecule has 0 N–H and O–H groups in total. The molecule has 0 spiro atoms.